The van der Waals surface area contributed by atoms with Crippen LogP contribution in [0.2, 0.25) is 0 Å². The van der Waals surface area contributed by atoms with E-state index in [0.717, 1.165) is 13.1 Å². The van der Waals surface area contributed by atoms with E-state index in [1.165, 1.54) is 11.1 Å². The molecule has 0 saturated carbocycles. The zero-order valence-corrected chi connectivity index (χ0v) is 8.90. The number of hydrogen-bond donors (Lipinski definition) is 0. The van der Waals surface area contributed by atoms with Crippen LogP contribution >= 0.6 is 0 Å². The third-order valence-corrected chi connectivity index (χ3v) is 2.65. The molecule has 1 heterocycles. The summed E-state index contributed by atoms with van der Waals surface area (Å²) in [7, 11) is 0. The minimum atomic E-state index is 0.709. The number of nitrogens with zero attached hydrogens (tertiary/aromatic N) is 1. The van der Waals surface area contributed by atoms with Gasteiger partial charge in [0.2, 0.25) is 0 Å². The monoisotopic (exact) mass is 187 g/mol. The Morgan fingerprint density at radius 1 is 1.29 bits per heavy atom. The molecule has 0 radical (unpaired) electrons. The Labute approximate surface area is 86.1 Å². The van der Waals surface area contributed by atoms with Gasteiger partial charge in [-0.25, -0.2) is 0 Å². The van der Waals surface area contributed by atoms with E-state index < -0.39 is 0 Å². The maximum absolute atomic E-state index is 2.37. The van der Waals surface area contributed by atoms with Crippen LogP contribution < -0.4 is 0 Å². The first-order valence-corrected chi connectivity index (χ1v) is 5.22. The molecule has 2 rings (SSSR count). The second kappa shape index (κ2) is 3.87. The van der Waals surface area contributed by atoms with Gasteiger partial charge in [-0.3, -0.25) is 0 Å². The predicted molar refractivity (Wildman–Crippen MR) is 59.9 cm³/mol. The minimum absolute atomic E-state index is 0.709. The van der Waals surface area contributed by atoms with E-state index in [2.05, 4.69) is 55.3 Å². The summed E-state index contributed by atoms with van der Waals surface area (Å²) in [5.41, 5.74) is 2.73. The van der Waals surface area contributed by atoms with Crippen molar-refractivity contribution in [2.45, 2.75) is 20.4 Å². The molecular weight excluding hydrogens is 170 g/mol. The third-order valence-electron chi connectivity index (χ3n) is 2.65. The highest BCUT2D eigenvalue weighted by Crippen LogP contribution is 2.15. The summed E-state index contributed by atoms with van der Waals surface area (Å²) in [5, 5.41) is 0. The maximum Gasteiger partial charge on any atom is 0.0424 e. The molecule has 0 saturated heterocycles. The Hall–Kier alpha value is -1.24. The van der Waals surface area contributed by atoms with Gasteiger partial charge in [0.15, 0.2) is 0 Å². The topological polar surface area (TPSA) is 3.24 Å². The fraction of sp³-hybridized carbons (Fsp3) is 0.385. The van der Waals surface area contributed by atoms with Gasteiger partial charge < -0.3 is 4.90 Å². The van der Waals surface area contributed by atoms with Crippen LogP contribution in [-0.4, -0.2) is 11.4 Å². The van der Waals surface area contributed by atoms with Crippen LogP contribution in [0, 0.1) is 12.8 Å². The molecule has 1 heteroatoms. The van der Waals surface area contributed by atoms with Crippen molar-refractivity contribution >= 4 is 0 Å². The van der Waals surface area contributed by atoms with Crippen molar-refractivity contribution in [3.63, 3.8) is 0 Å². The normalized spacial score (nSPS) is 20.4. The van der Waals surface area contributed by atoms with E-state index in [9.17, 15) is 0 Å². The van der Waals surface area contributed by atoms with Gasteiger partial charge in [0.1, 0.15) is 0 Å². The second-order valence-corrected chi connectivity index (χ2v) is 4.23. The maximum atomic E-state index is 2.37. The Morgan fingerprint density at radius 3 is 2.57 bits per heavy atom. The van der Waals surface area contributed by atoms with E-state index in [-0.39, 0.29) is 0 Å². The molecule has 14 heavy (non-hydrogen) atoms. The highest BCUT2D eigenvalue weighted by Gasteiger charge is 2.10. The lowest BCUT2D eigenvalue weighted by atomic mass is 10.1. The van der Waals surface area contributed by atoms with Crippen molar-refractivity contribution in [1.82, 2.24) is 4.90 Å². The lowest BCUT2D eigenvalue weighted by Gasteiger charge is -2.16. The van der Waals surface area contributed by atoms with Gasteiger partial charge in [0.05, 0.1) is 0 Å². The number of benzene rings is 1. The van der Waals surface area contributed by atoms with Crippen molar-refractivity contribution in [2.75, 3.05) is 6.54 Å². The molecule has 1 nitrogen and oxygen atoms in total. The molecule has 0 spiro atoms. The van der Waals surface area contributed by atoms with Crippen LogP contribution in [0.3, 0.4) is 0 Å². The van der Waals surface area contributed by atoms with Crippen LogP contribution in [0.4, 0.5) is 0 Å². The van der Waals surface area contributed by atoms with Crippen molar-refractivity contribution in [3.05, 3.63) is 47.7 Å². The van der Waals surface area contributed by atoms with E-state index in [0.29, 0.717) is 5.92 Å². The van der Waals surface area contributed by atoms with Crippen molar-refractivity contribution < 1.29 is 0 Å². The first-order chi connectivity index (χ1) is 6.74. The van der Waals surface area contributed by atoms with Gasteiger partial charge in [-0.1, -0.05) is 42.8 Å². The summed E-state index contributed by atoms with van der Waals surface area (Å²) >= 11 is 0. The molecule has 1 aliphatic heterocycles. The Kier molecular flexibility index (Phi) is 2.58. The Balaban J connectivity index is 1.98. The first kappa shape index (κ1) is 9.32. The quantitative estimate of drug-likeness (QED) is 0.688. The summed E-state index contributed by atoms with van der Waals surface area (Å²) in [5.74, 6) is 0.709. The zero-order valence-electron chi connectivity index (χ0n) is 8.90. The van der Waals surface area contributed by atoms with Gasteiger partial charge in [0.25, 0.3) is 0 Å². The summed E-state index contributed by atoms with van der Waals surface area (Å²) < 4.78 is 0. The zero-order chi connectivity index (χ0) is 9.97. The lowest BCUT2D eigenvalue weighted by Crippen LogP contribution is -2.16. The molecule has 0 aliphatic carbocycles. The van der Waals surface area contributed by atoms with Crippen LogP contribution in [-0.2, 0) is 6.54 Å². The van der Waals surface area contributed by atoms with Gasteiger partial charge in [0, 0.05) is 13.1 Å². The molecule has 0 amide bonds. The Bertz CT molecular complexity index is 324. The lowest BCUT2D eigenvalue weighted by molar-refractivity contribution is 0.370. The van der Waals surface area contributed by atoms with Crippen LogP contribution in [0.1, 0.15) is 18.1 Å². The molecule has 0 aromatic heterocycles. The van der Waals surface area contributed by atoms with E-state index in [1.54, 1.807) is 0 Å². The minimum Gasteiger partial charge on any atom is -0.373 e. The molecule has 74 valence electrons. The molecule has 1 aromatic rings. The molecule has 0 N–H and O–H groups in total. The third kappa shape index (κ3) is 2.16. The first-order valence-electron chi connectivity index (χ1n) is 5.22. The van der Waals surface area contributed by atoms with Crippen molar-refractivity contribution in [1.29, 1.82) is 0 Å². The Morgan fingerprint density at radius 2 is 2.00 bits per heavy atom. The summed E-state index contributed by atoms with van der Waals surface area (Å²) in [4.78, 5) is 2.37. The fourth-order valence-electron chi connectivity index (χ4n) is 1.81. The average molecular weight is 187 g/mol. The molecule has 1 aromatic carbocycles. The standard InChI is InChI=1S/C13H17N/c1-11-3-5-13(6-4-11)10-14-8-7-12(2)9-14/h3-8,12H,9-10H2,1-2H3. The van der Waals surface area contributed by atoms with Crippen molar-refractivity contribution in [2.24, 2.45) is 5.92 Å². The van der Waals surface area contributed by atoms with Gasteiger partial charge in [-0.2, -0.15) is 0 Å². The smallest absolute Gasteiger partial charge is 0.0424 e. The molecule has 0 bridgehead atoms. The largest absolute Gasteiger partial charge is 0.373 e. The van der Waals surface area contributed by atoms with Crippen molar-refractivity contribution in [3.8, 4) is 0 Å². The predicted octanol–water partition coefficient (Wildman–Crippen LogP) is 2.96. The van der Waals surface area contributed by atoms with E-state index >= 15 is 0 Å². The number of rotatable bonds is 2. The second-order valence-electron chi connectivity index (χ2n) is 4.23. The fourth-order valence-corrected chi connectivity index (χ4v) is 1.81. The van der Waals surface area contributed by atoms with Crippen LogP contribution in [0.25, 0.3) is 0 Å². The molecule has 0 fully saturated rings. The van der Waals surface area contributed by atoms with Crippen LogP contribution in [0.5, 0.6) is 0 Å². The molecule has 1 aliphatic rings. The highest BCUT2D eigenvalue weighted by atomic mass is 15.1. The van der Waals surface area contributed by atoms with E-state index in [1.807, 2.05) is 0 Å². The van der Waals surface area contributed by atoms with Gasteiger partial charge in [-0.05, 0) is 24.6 Å². The SMILES string of the molecule is Cc1ccc(CN2C=CC(C)C2)cc1. The van der Waals surface area contributed by atoms with Crippen LogP contribution in [0.15, 0.2) is 36.5 Å². The van der Waals surface area contributed by atoms with E-state index in [4.69, 9.17) is 0 Å². The molecule has 1 atom stereocenters. The average Bonchev–Trinajstić information content (AvgIpc) is 2.56. The summed E-state index contributed by atoms with van der Waals surface area (Å²) in [6.07, 6.45) is 4.48. The molecule has 1 unspecified atom stereocenters. The highest BCUT2D eigenvalue weighted by molar-refractivity contribution is 5.21. The van der Waals surface area contributed by atoms with Gasteiger partial charge in [-0.15, -0.1) is 0 Å². The summed E-state index contributed by atoms with van der Waals surface area (Å²) in [6, 6.07) is 8.79. The number of aryl methyl sites for hydroxylation is 1. The van der Waals surface area contributed by atoms with Gasteiger partial charge >= 0.3 is 0 Å². The molecular formula is C13H17N. The summed E-state index contributed by atoms with van der Waals surface area (Å²) in [6.45, 7) is 6.59. The number of hydrogen-bond acceptors (Lipinski definition) is 1.